The zero-order valence-corrected chi connectivity index (χ0v) is 10.8. The van der Waals surface area contributed by atoms with Crippen LogP contribution < -0.4 is 10.6 Å². The third kappa shape index (κ3) is 2.84. The number of hydrogen-bond acceptors (Lipinski definition) is 5. The van der Waals surface area contributed by atoms with Gasteiger partial charge in [-0.3, -0.25) is 4.79 Å². The number of fused-ring (bicyclic) bond motifs is 1. The molecule has 0 saturated carbocycles. The van der Waals surface area contributed by atoms with Crippen molar-refractivity contribution in [2.45, 2.75) is 17.1 Å². The van der Waals surface area contributed by atoms with Crippen LogP contribution in [0, 0.1) is 0 Å². The zero-order valence-electron chi connectivity index (χ0n) is 10.0. The van der Waals surface area contributed by atoms with E-state index in [2.05, 4.69) is 10.6 Å². The maximum atomic E-state index is 11.3. The second-order valence-electron chi connectivity index (χ2n) is 4.16. The van der Waals surface area contributed by atoms with E-state index in [0.717, 1.165) is 4.90 Å². The number of hydrogen-bond donors (Lipinski definition) is 4. The van der Waals surface area contributed by atoms with E-state index in [-0.39, 0.29) is 5.91 Å². The summed E-state index contributed by atoms with van der Waals surface area (Å²) in [6, 6.07) is 5.33. The van der Waals surface area contributed by atoms with Crippen LogP contribution in [0.3, 0.4) is 0 Å². The average molecular weight is 268 g/mol. The van der Waals surface area contributed by atoms with Crippen molar-refractivity contribution in [2.24, 2.45) is 0 Å². The lowest BCUT2D eigenvalue weighted by Crippen LogP contribution is -2.29. The lowest BCUT2D eigenvalue weighted by atomic mass is 10.0. The molecule has 0 bridgehead atoms. The number of aliphatic hydroxyl groups is 2. The summed E-state index contributed by atoms with van der Waals surface area (Å²) in [5.74, 6) is 0.368. The molecule has 1 amide bonds. The van der Waals surface area contributed by atoms with E-state index < -0.39 is 12.2 Å². The number of nitrogens with one attached hydrogen (secondary N) is 2. The number of rotatable bonds is 4. The van der Waals surface area contributed by atoms with Gasteiger partial charge in [0.25, 0.3) is 0 Å². The summed E-state index contributed by atoms with van der Waals surface area (Å²) in [5.41, 5.74) is 1.30. The second kappa shape index (κ2) is 5.71. The van der Waals surface area contributed by atoms with Crippen LogP contribution in [0.25, 0.3) is 0 Å². The molecule has 0 aromatic heterocycles. The van der Waals surface area contributed by atoms with E-state index in [9.17, 15) is 15.0 Å². The predicted molar refractivity (Wildman–Crippen MR) is 70.7 cm³/mol. The van der Waals surface area contributed by atoms with Crippen LogP contribution >= 0.6 is 11.8 Å². The van der Waals surface area contributed by atoms with E-state index >= 15 is 0 Å². The monoisotopic (exact) mass is 268 g/mol. The molecule has 1 aliphatic heterocycles. The fourth-order valence-corrected chi connectivity index (χ4v) is 2.62. The van der Waals surface area contributed by atoms with Gasteiger partial charge in [0.1, 0.15) is 6.10 Å². The molecule has 0 radical (unpaired) electrons. The maximum absolute atomic E-state index is 11.3. The summed E-state index contributed by atoms with van der Waals surface area (Å²) in [6.45, 7) is 0.305. The molecule has 1 aromatic rings. The first-order chi connectivity index (χ1) is 8.61. The van der Waals surface area contributed by atoms with E-state index in [0.29, 0.717) is 23.5 Å². The second-order valence-corrected chi connectivity index (χ2v) is 5.18. The quantitative estimate of drug-likeness (QED) is 0.633. The van der Waals surface area contributed by atoms with Crippen molar-refractivity contribution in [3.63, 3.8) is 0 Å². The van der Waals surface area contributed by atoms with Crippen LogP contribution in [0.2, 0.25) is 0 Å². The minimum absolute atomic E-state index is 0.0464. The van der Waals surface area contributed by atoms with E-state index in [1.165, 1.54) is 11.8 Å². The molecule has 6 heteroatoms. The number of carbonyl (C=O) groups is 1. The fourth-order valence-electron chi connectivity index (χ4n) is 1.83. The van der Waals surface area contributed by atoms with Crippen molar-refractivity contribution < 1.29 is 15.0 Å². The van der Waals surface area contributed by atoms with Gasteiger partial charge in [0.05, 0.1) is 17.5 Å². The van der Waals surface area contributed by atoms with E-state index in [1.807, 2.05) is 6.07 Å². The maximum Gasteiger partial charge on any atom is 0.234 e. The number of likely N-dealkylation sites (N-methyl/N-ethyl adjacent to an activating group) is 1. The summed E-state index contributed by atoms with van der Waals surface area (Å²) in [6.07, 6.45) is -1.84. The number of carbonyl (C=O) groups excluding carboxylic acids is 1. The third-order valence-electron chi connectivity index (χ3n) is 2.76. The molecule has 2 unspecified atom stereocenters. The molecule has 4 N–H and O–H groups in total. The Morgan fingerprint density at radius 1 is 1.50 bits per heavy atom. The molecule has 0 fully saturated rings. The third-order valence-corrected chi connectivity index (χ3v) is 3.83. The smallest absolute Gasteiger partial charge is 0.234 e. The zero-order chi connectivity index (χ0) is 13.1. The van der Waals surface area contributed by atoms with Gasteiger partial charge in [0.15, 0.2) is 0 Å². The molecule has 1 aromatic carbocycles. The highest BCUT2D eigenvalue weighted by Crippen LogP contribution is 2.33. The summed E-state index contributed by atoms with van der Waals surface area (Å²) in [5, 5.41) is 25.3. The molecule has 0 saturated heterocycles. The molecule has 98 valence electrons. The first kappa shape index (κ1) is 13.4. The Morgan fingerprint density at radius 3 is 3.00 bits per heavy atom. The molecule has 2 atom stereocenters. The van der Waals surface area contributed by atoms with Gasteiger partial charge in [-0.05, 0) is 24.7 Å². The van der Waals surface area contributed by atoms with Crippen molar-refractivity contribution in [2.75, 3.05) is 24.7 Å². The van der Waals surface area contributed by atoms with Crippen LogP contribution in [-0.4, -0.2) is 41.6 Å². The highest BCUT2D eigenvalue weighted by atomic mass is 32.2. The van der Waals surface area contributed by atoms with Crippen molar-refractivity contribution in [3.05, 3.63) is 23.8 Å². The topological polar surface area (TPSA) is 81.6 Å². The summed E-state index contributed by atoms with van der Waals surface area (Å²) in [4.78, 5) is 12.3. The normalized spacial score (nSPS) is 17.8. The minimum atomic E-state index is -0.966. The van der Waals surface area contributed by atoms with E-state index in [1.54, 1.807) is 19.2 Å². The summed E-state index contributed by atoms with van der Waals surface area (Å²) < 4.78 is 0. The van der Waals surface area contributed by atoms with Crippen LogP contribution in [0.15, 0.2) is 23.1 Å². The number of amides is 1. The van der Waals surface area contributed by atoms with Crippen LogP contribution in [-0.2, 0) is 4.79 Å². The predicted octanol–water partition coefficient (Wildman–Crippen LogP) is 0.344. The Balaban J connectivity index is 2.20. The molecular formula is C12H16N2O3S. The number of anilines is 1. The molecular weight excluding hydrogens is 252 g/mol. The Morgan fingerprint density at radius 2 is 2.28 bits per heavy atom. The lowest BCUT2D eigenvalue weighted by Gasteiger charge is -2.21. The standard InChI is InChI=1S/C12H16N2O3S/c1-13-5-9(15)12(17)7-2-3-10-8(4-7)14-11(16)6-18-10/h2-4,9,12-13,15,17H,5-6H2,1H3,(H,14,16). The van der Waals surface area contributed by atoms with Crippen molar-refractivity contribution in [3.8, 4) is 0 Å². The van der Waals surface area contributed by atoms with E-state index in [4.69, 9.17) is 0 Å². The largest absolute Gasteiger partial charge is 0.389 e. The lowest BCUT2D eigenvalue weighted by molar-refractivity contribution is -0.113. The highest BCUT2D eigenvalue weighted by molar-refractivity contribution is 8.00. The first-order valence-electron chi connectivity index (χ1n) is 5.69. The molecule has 18 heavy (non-hydrogen) atoms. The van der Waals surface area contributed by atoms with Gasteiger partial charge in [0.2, 0.25) is 5.91 Å². The van der Waals surface area contributed by atoms with Gasteiger partial charge in [-0.2, -0.15) is 0 Å². The molecule has 5 nitrogen and oxygen atoms in total. The van der Waals surface area contributed by atoms with Crippen LogP contribution in [0.1, 0.15) is 11.7 Å². The van der Waals surface area contributed by atoms with Crippen LogP contribution in [0.4, 0.5) is 5.69 Å². The van der Waals surface area contributed by atoms with Gasteiger partial charge in [0, 0.05) is 11.4 Å². The molecule has 1 aliphatic rings. The Bertz CT molecular complexity index is 453. The Labute approximate surface area is 110 Å². The van der Waals surface area contributed by atoms with Gasteiger partial charge >= 0.3 is 0 Å². The molecule has 0 aliphatic carbocycles. The Hall–Kier alpha value is -1.08. The van der Waals surface area contributed by atoms with Crippen molar-refractivity contribution in [1.29, 1.82) is 0 Å². The number of thioether (sulfide) groups is 1. The summed E-state index contributed by atoms with van der Waals surface area (Å²) >= 11 is 1.47. The minimum Gasteiger partial charge on any atom is -0.389 e. The first-order valence-corrected chi connectivity index (χ1v) is 6.67. The molecule has 2 rings (SSSR count). The molecule has 0 spiro atoms. The Kier molecular flexibility index (Phi) is 4.23. The number of benzene rings is 1. The fraction of sp³-hybridized carbons (Fsp3) is 0.417. The van der Waals surface area contributed by atoms with Gasteiger partial charge in [-0.1, -0.05) is 6.07 Å². The number of aliphatic hydroxyl groups excluding tert-OH is 2. The average Bonchev–Trinajstić information content (AvgIpc) is 2.37. The van der Waals surface area contributed by atoms with Crippen molar-refractivity contribution >= 4 is 23.4 Å². The van der Waals surface area contributed by atoms with Gasteiger partial charge in [-0.15, -0.1) is 11.8 Å². The SMILES string of the molecule is CNCC(O)C(O)c1ccc2c(c1)NC(=O)CS2. The highest BCUT2D eigenvalue weighted by Gasteiger charge is 2.21. The van der Waals surface area contributed by atoms with Gasteiger partial charge < -0.3 is 20.8 Å². The summed E-state index contributed by atoms with van der Waals surface area (Å²) in [7, 11) is 1.71. The van der Waals surface area contributed by atoms with Crippen molar-refractivity contribution in [1.82, 2.24) is 5.32 Å². The molecule has 1 heterocycles. The van der Waals surface area contributed by atoms with Gasteiger partial charge in [-0.25, -0.2) is 0 Å². The van der Waals surface area contributed by atoms with Crippen LogP contribution in [0.5, 0.6) is 0 Å².